The van der Waals surface area contributed by atoms with Gasteiger partial charge in [0.15, 0.2) is 0 Å². The fourth-order valence-corrected chi connectivity index (χ4v) is 3.18. The highest BCUT2D eigenvalue weighted by Gasteiger charge is 2.10. The second-order valence-electron chi connectivity index (χ2n) is 6.01. The minimum Gasteiger partial charge on any atom is -0.493 e. The van der Waals surface area contributed by atoms with Crippen LogP contribution in [0.15, 0.2) is 16.6 Å². The molecule has 0 saturated heterocycles. The minimum atomic E-state index is 0.148. The summed E-state index contributed by atoms with van der Waals surface area (Å²) in [5.41, 5.74) is 8.34. The van der Waals surface area contributed by atoms with Crippen LogP contribution in [0.3, 0.4) is 0 Å². The number of benzene rings is 1. The first kappa shape index (κ1) is 18.5. The number of rotatable bonds is 10. The smallest absolute Gasteiger partial charge is 0.125 e. The Morgan fingerprint density at radius 2 is 1.81 bits per heavy atom. The number of aryl methyl sites for hydroxylation is 1. The molecule has 1 aromatic carbocycles. The van der Waals surface area contributed by atoms with Crippen molar-refractivity contribution in [3.05, 3.63) is 27.7 Å². The van der Waals surface area contributed by atoms with Gasteiger partial charge in [-0.15, -0.1) is 0 Å². The molecule has 0 aliphatic carbocycles. The molecule has 3 heteroatoms. The molecule has 1 rings (SSSR count). The second kappa shape index (κ2) is 10.2. The summed E-state index contributed by atoms with van der Waals surface area (Å²) < 4.78 is 7.15. The van der Waals surface area contributed by atoms with Crippen LogP contribution in [0, 0.1) is 6.92 Å². The summed E-state index contributed by atoms with van der Waals surface area (Å²) in [5, 5.41) is 0. The Kier molecular flexibility index (Phi) is 9.02. The Bertz CT molecular complexity index is 418. The Balaban J connectivity index is 2.49. The molecule has 1 aromatic rings. The van der Waals surface area contributed by atoms with E-state index in [2.05, 4.69) is 41.9 Å². The average Bonchev–Trinajstić information content (AvgIpc) is 2.39. The fourth-order valence-electron chi connectivity index (χ4n) is 2.56. The molecular formula is C18H30BrNO. The van der Waals surface area contributed by atoms with Gasteiger partial charge in [0.2, 0.25) is 0 Å². The molecule has 0 heterocycles. The van der Waals surface area contributed by atoms with E-state index >= 15 is 0 Å². The van der Waals surface area contributed by atoms with E-state index < -0.39 is 0 Å². The van der Waals surface area contributed by atoms with Crippen LogP contribution in [0.1, 0.15) is 63.5 Å². The van der Waals surface area contributed by atoms with E-state index in [-0.39, 0.29) is 6.04 Å². The number of halogens is 1. The van der Waals surface area contributed by atoms with Crippen LogP contribution in [0.4, 0.5) is 0 Å². The Labute approximate surface area is 138 Å². The monoisotopic (exact) mass is 355 g/mol. The molecule has 1 unspecified atom stereocenters. The molecule has 0 aliphatic rings. The molecule has 2 nitrogen and oxygen atoms in total. The van der Waals surface area contributed by atoms with Gasteiger partial charge in [0.25, 0.3) is 0 Å². The van der Waals surface area contributed by atoms with Crippen molar-refractivity contribution in [1.82, 2.24) is 0 Å². The van der Waals surface area contributed by atoms with Crippen molar-refractivity contribution in [2.45, 2.75) is 71.8 Å². The van der Waals surface area contributed by atoms with Gasteiger partial charge in [-0.2, -0.15) is 0 Å². The van der Waals surface area contributed by atoms with E-state index in [9.17, 15) is 0 Å². The Hall–Kier alpha value is -0.540. The zero-order valence-electron chi connectivity index (χ0n) is 13.8. The molecule has 0 aromatic heterocycles. The van der Waals surface area contributed by atoms with Crippen molar-refractivity contribution in [1.29, 1.82) is 0 Å². The highest BCUT2D eigenvalue weighted by molar-refractivity contribution is 9.10. The molecule has 0 amide bonds. The highest BCUT2D eigenvalue weighted by atomic mass is 79.9. The lowest BCUT2D eigenvalue weighted by Crippen LogP contribution is -2.18. The van der Waals surface area contributed by atoms with Gasteiger partial charge in [-0.1, -0.05) is 55.0 Å². The molecule has 1 atom stereocenters. The van der Waals surface area contributed by atoms with Crippen LogP contribution in [-0.4, -0.2) is 12.6 Å². The lowest BCUT2D eigenvalue weighted by Gasteiger charge is -2.16. The lowest BCUT2D eigenvalue weighted by molar-refractivity contribution is 0.299. The van der Waals surface area contributed by atoms with Crippen LogP contribution in [-0.2, 0) is 6.42 Å². The average molecular weight is 356 g/mol. The van der Waals surface area contributed by atoms with Gasteiger partial charge in [-0.25, -0.2) is 0 Å². The van der Waals surface area contributed by atoms with Crippen LogP contribution < -0.4 is 10.5 Å². The highest BCUT2D eigenvalue weighted by Crippen LogP contribution is 2.29. The van der Waals surface area contributed by atoms with E-state index in [1.165, 1.54) is 43.2 Å². The molecule has 2 N–H and O–H groups in total. The van der Waals surface area contributed by atoms with Gasteiger partial charge in [0, 0.05) is 10.5 Å². The van der Waals surface area contributed by atoms with Gasteiger partial charge in [0.1, 0.15) is 5.75 Å². The number of hydrogen-bond donors (Lipinski definition) is 1. The number of ether oxygens (including phenoxy) is 1. The predicted octanol–water partition coefficient (Wildman–Crippen LogP) is 5.39. The van der Waals surface area contributed by atoms with Crippen molar-refractivity contribution < 1.29 is 4.74 Å². The second-order valence-corrected chi connectivity index (χ2v) is 6.92. The largest absolute Gasteiger partial charge is 0.493 e. The summed E-state index contributed by atoms with van der Waals surface area (Å²) in [7, 11) is 0. The molecular weight excluding hydrogens is 326 g/mol. The van der Waals surface area contributed by atoms with Gasteiger partial charge < -0.3 is 10.5 Å². The molecule has 0 aliphatic heterocycles. The number of nitrogens with two attached hydrogens (primary N) is 1. The topological polar surface area (TPSA) is 35.2 Å². The van der Waals surface area contributed by atoms with E-state index in [1.54, 1.807) is 0 Å². The SMILES string of the molecule is CCCCCCCCOc1c(C)cc(Br)cc1CC(C)N. The summed E-state index contributed by atoms with van der Waals surface area (Å²) in [4.78, 5) is 0. The van der Waals surface area contributed by atoms with E-state index in [0.29, 0.717) is 0 Å². The van der Waals surface area contributed by atoms with Crippen molar-refractivity contribution in [3.63, 3.8) is 0 Å². The molecule has 0 spiro atoms. The summed E-state index contributed by atoms with van der Waals surface area (Å²) in [6.07, 6.45) is 8.58. The third-order valence-electron chi connectivity index (χ3n) is 3.60. The normalized spacial score (nSPS) is 12.4. The maximum absolute atomic E-state index is 6.05. The van der Waals surface area contributed by atoms with Crippen molar-refractivity contribution in [3.8, 4) is 5.75 Å². The third kappa shape index (κ3) is 7.32. The zero-order chi connectivity index (χ0) is 15.7. The summed E-state index contributed by atoms with van der Waals surface area (Å²) in [6, 6.07) is 4.39. The van der Waals surface area contributed by atoms with Gasteiger partial charge >= 0.3 is 0 Å². The van der Waals surface area contributed by atoms with E-state index in [0.717, 1.165) is 29.7 Å². The maximum atomic E-state index is 6.05. The third-order valence-corrected chi connectivity index (χ3v) is 4.06. The first-order valence-electron chi connectivity index (χ1n) is 8.22. The molecule has 0 fully saturated rings. The van der Waals surface area contributed by atoms with Crippen LogP contribution >= 0.6 is 15.9 Å². The minimum absolute atomic E-state index is 0.148. The fraction of sp³-hybridized carbons (Fsp3) is 0.667. The van der Waals surface area contributed by atoms with Crippen LogP contribution in [0.5, 0.6) is 5.75 Å². The quantitative estimate of drug-likeness (QED) is 0.571. The predicted molar refractivity (Wildman–Crippen MR) is 95.1 cm³/mol. The van der Waals surface area contributed by atoms with Crippen LogP contribution in [0.25, 0.3) is 0 Å². The molecule has 0 saturated carbocycles. The van der Waals surface area contributed by atoms with Gasteiger partial charge in [0.05, 0.1) is 6.61 Å². The Morgan fingerprint density at radius 1 is 1.14 bits per heavy atom. The van der Waals surface area contributed by atoms with E-state index in [1.807, 2.05) is 6.92 Å². The maximum Gasteiger partial charge on any atom is 0.125 e. The summed E-state index contributed by atoms with van der Waals surface area (Å²) >= 11 is 3.56. The zero-order valence-corrected chi connectivity index (χ0v) is 15.3. The number of hydrogen-bond acceptors (Lipinski definition) is 2. The van der Waals surface area contributed by atoms with Gasteiger partial charge in [-0.3, -0.25) is 0 Å². The van der Waals surface area contributed by atoms with Gasteiger partial charge in [-0.05, 0) is 49.9 Å². The Morgan fingerprint density at radius 3 is 2.48 bits per heavy atom. The van der Waals surface area contributed by atoms with Crippen LogP contribution in [0.2, 0.25) is 0 Å². The van der Waals surface area contributed by atoms with Crippen molar-refractivity contribution in [2.24, 2.45) is 5.73 Å². The number of unbranched alkanes of at least 4 members (excludes halogenated alkanes) is 5. The first-order valence-corrected chi connectivity index (χ1v) is 9.01. The van der Waals surface area contributed by atoms with E-state index in [4.69, 9.17) is 10.5 Å². The first-order chi connectivity index (χ1) is 10.0. The molecule has 120 valence electrons. The molecule has 0 bridgehead atoms. The summed E-state index contributed by atoms with van der Waals surface area (Å²) in [5.74, 6) is 1.03. The standard InChI is InChI=1S/C18H30BrNO/c1-4-5-6-7-8-9-10-21-18-14(2)11-17(19)13-16(18)12-15(3)20/h11,13,15H,4-10,12,20H2,1-3H3. The van der Waals surface area contributed by atoms with Crippen molar-refractivity contribution >= 4 is 15.9 Å². The van der Waals surface area contributed by atoms with Crippen molar-refractivity contribution in [2.75, 3.05) is 6.61 Å². The molecule has 0 radical (unpaired) electrons. The molecule has 21 heavy (non-hydrogen) atoms. The summed E-state index contributed by atoms with van der Waals surface area (Å²) in [6.45, 7) is 7.19. The lowest BCUT2D eigenvalue weighted by atomic mass is 10.0.